The second-order valence-corrected chi connectivity index (χ2v) is 5.69. The van der Waals surface area contributed by atoms with Gasteiger partial charge >= 0.3 is 6.09 Å². The Balaban J connectivity index is 2.00. The molecule has 1 fully saturated rings. The molecule has 21 heavy (non-hydrogen) atoms. The minimum Gasteiger partial charge on any atom is -0.453 e. The van der Waals surface area contributed by atoms with Crippen molar-refractivity contribution in [1.29, 1.82) is 0 Å². The number of amides is 2. The Labute approximate surface area is 125 Å². The molecule has 2 rings (SSSR count). The van der Waals surface area contributed by atoms with Gasteiger partial charge in [0.05, 0.1) is 7.11 Å². The molecule has 1 aliphatic rings. The van der Waals surface area contributed by atoms with E-state index < -0.39 is 6.09 Å². The lowest BCUT2D eigenvalue weighted by atomic mass is 9.76. The maximum absolute atomic E-state index is 12.2. The van der Waals surface area contributed by atoms with Crippen molar-refractivity contribution in [2.45, 2.75) is 25.2 Å². The van der Waals surface area contributed by atoms with Crippen LogP contribution in [0.5, 0.6) is 0 Å². The molecular formula is C16H22N2O3. The maximum Gasteiger partial charge on any atom is 0.407 e. The first-order chi connectivity index (χ1) is 10.0. The number of nitrogens with one attached hydrogen (secondary N) is 1. The van der Waals surface area contributed by atoms with E-state index in [1.54, 1.807) is 0 Å². The molecule has 1 aliphatic heterocycles. The smallest absolute Gasteiger partial charge is 0.407 e. The van der Waals surface area contributed by atoms with Crippen molar-refractivity contribution in [2.75, 3.05) is 26.7 Å². The van der Waals surface area contributed by atoms with Gasteiger partial charge in [0.15, 0.2) is 0 Å². The lowest BCUT2D eigenvalue weighted by Gasteiger charge is -2.41. The summed E-state index contributed by atoms with van der Waals surface area (Å²) in [4.78, 5) is 25.1. The van der Waals surface area contributed by atoms with Crippen molar-refractivity contribution in [3.8, 4) is 0 Å². The quantitative estimate of drug-likeness (QED) is 0.925. The molecule has 0 radical (unpaired) electrons. The van der Waals surface area contributed by atoms with Crippen LogP contribution in [0.25, 0.3) is 0 Å². The third-order valence-corrected chi connectivity index (χ3v) is 4.09. The molecule has 5 heteroatoms. The van der Waals surface area contributed by atoms with E-state index in [4.69, 9.17) is 0 Å². The molecule has 5 nitrogen and oxygen atoms in total. The number of piperidine rings is 1. The van der Waals surface area contributed by atoms with Crippen LogP contribution in [0.1, 0.15) is 25.3 Å². The fourth-order valence-corrected chi connectivity index (χ4v) is 2.86. The summed E-state index contributed by atoms with van der Waals surface area (Å²) in [6.07, 6.45) is 1.45. The SMILES string of the molecule is COC(=O)NCC(=O)N1CCC[C@](C)(c2ccccc2)C1. The molecule has 0 bridgehead atoms. The summed E-state index contributed by atoms with van der Waals surface area (Å²) < 4.78 is 4.48. The Morgan fingerprint density at radius 2 is 2.05 bits per heavy atom. The molecule has 1 aromatic carbocycles. The summed E-state index contributed by atoms with van der Waals surface area (Å²) in [6, 6.07) is 10.3. The lowest BCUT2D eigenvalue weighted by molar-refractivity contribution is -0.132. The third-order valence-electron chi connectivity index (χ3n) is 4.09. The Hall–Kier alpha value is -2.04. The first-order valence-electron chi connectivity index (χ1n) is 7.20. The molecule has 1 heterocycles. The highest BCUT2D eigenvalue weighted by molar-refractivity contribution is 5.82. The predicted octanol–water partition coefficient (Wildman–Crippen LogP) is 1.92. The van der Waals surface area contributed by atoms with E-state index in [9.17, 15) is 9.59 Å². The Bertz CT molecular complexity index is 504. The molecular weight excluding hydrogens is 268 g/mol. The zero-order valence-electron chi connectivity index (χ0n) is 12.6. The number of alkyl carbamates (subject to hydrolysis) is 1. The van der Waals surface area contributed by atoms with Crippen LogP contribution >= 0.6 is 0 Å². The number of carbonyl (C=O) groups excluding carboxylic acids is 2. The number of likely N-dealkylation sites (tertiary alicyclic amines) is 1. The number of benzene rings is 1. The van der Waals surface area contributed by atoms with Gasteiger partial charge in [-0.2, -0.15) is 0 Å². The molecule has 0 aliphatic carbocycles. The summed E-state index contributed by atoms with van der Waals surface area (Å²) in [5.74, 6) is -0.0674. The second-order valence-electron chi connectivity index (χ2n) is 5.69. The van der Waals surface area contributed by atoms with Gasteiger partial charge in [-0.25, -0.2) is 4.79 Å². The number of hydrogen-bond donors (Lipinski definition) is 1. The minimum atomic E-state index is -0.578. The molecule has 0 spiro atoms. The average molecular weight is 290 g/mol. The van der Waals surface area contributed by atoms with Crippen molar-refractivity contribution in [2.24, 2.45) is 0 Å². The topological polar surface area (TPSA) is 58.6 Å². The van der Waals surface area contributed by atoms with Crippen molar-refractivity contribution in [1.82, 2.24) is 10.2 Å². The van der Waals surface area contributed by atoms with Crippen molar-refractivity contribution in [3.05, 3.63) is 35.9 Å². The molecule has 1 saturated heterocycles. The van der Waals surface area contributed by atoms with Crippen molar-refractivity contribution in [3.63, 3.8) is 0 Å². The molecule has 0 saturated carbocycles. The first-order valence-corrected chi connectivity index (χ1v) is 7.20. The average Bonchev–Trinajstić information content (AvgIpc) is 2.53. The predicted molar refractivity (Wildman–Crippen MR) is 80.0 cm³/mol. The van der Waals surface area contributed by atoms with E-state index in [1.807, 2.05) is 23.1 Å². The lowest BCUT2D eigenvalue weighted by Crippen LogP contribution is -2.50. The third kappa shape index (κ3) is 3.74. The fourth-order valence-electron chi connectivity index (χ4n) is 2.86. The number of rotatable bonds is 3. The van der Waals surface area contributed by atoms with Gasteiger partial charge in [0.2, 0.25) is 5.91 Å². The van der Waals surface area contributed by atoms with Crippen LogP contribution in [-0.2, 0) is 14.9 Å². The van der Waals surface area contributed by atoms with Gasteiger partial charge in [-0.15, -0.1) is 0 Å². The van der Waals surface area contributed by atoms with Crippen LogP contribution in [0.4, 0.5) is 4.79 Å². The summed E-state index contributed by atoms with van der Waals surface area (Å²) in [7, 11) is 1.28. The molecule has 2 amide bonds. The Morgan fingerprint density at radius 3 is 2.71 bits per heavy atom. The van der Waals surface area contributed by atoms with Gasteiger partial charge in [0, 0.05) is 18.5 Å². The highest BCUT2D eigenvalue weighted by Crippen LogP contribution is 2.33. The molecule has 0 unspecified atom stereocenters. The normalized spacial score (nSPS) is 21.7. The van der Waals surface area contributed by atoms with Gasteiger partial charge in [-0.3, -0.25) is 4.79 Å². The Morgan fingerprint density at radius 1 is 1.33 bits per heavy atom. The van der Waals surface area contributed by atoms with Crippen molar-refractivity contribution < 1.29 is 14.3 Å². The van der Waals surface area contributed by atoms with Crippen LogP contribution < -0.4 is 5.32 Å². The van der Waals surface area contributed by atoms with Gasteiger partial charge in [-0.1, -0.05) is 37.3 Å². The molecule has 1 aromatic rings. The summed E-state index contributed by atoms with van der Waals surface area (Å²) in [6.45, 7) is 3.59. The van der Waals surface area contributed by atoms with Crippen LogP contribution in [0.2, 0.25) is 0 Å². The highest BCUT2D eigenvalue weighted by Gasteiger charge is 2.34. The van der Waals surface area contributed by atoms with Gasteiger partial charge in [-0.05, 0) is 18.4 Å². The van der Waals surface area contributed by atoms with E-state index in [2.05, 4.69) is 29.1 Å². The largest absolute Gasteiger partial charge is 0.453 e. The van der Waals surface area contributed by atoms with E-state index in [0.29, 0.717) is 6.54 Å². The van der Waals surface area contributed by atoms with E-state index >= 15 is 0 Å². The zero-order chi connectivity index (χ0) is 15.3. The number of carbonyl (C=O) groups is 2. The Kier molecular flexibility index (Phi) is 4.83. The fraction of sp³-hybridized carbons (Fsp3) is 0.500. The summed E-state index contributed by atoms with van der Waals surface area (Å²) in [5.41, 5.74) is 1.23. The van der Waals surface area contributed by atoms with Crippen LogP contribution in [0.15, 0.2) is 30.3 Å². The molecule has 0 aromatic heterocycles. The monoisotopic (exact) mass is 290 g/mol. The summed E-state index contributed by atoms with van der Waals surface area (Å²) >= 11 is 0. The van der Waals surface area contributed by atoms with Gasteiger partial charge in [0.1, 0.15) is 6.54 Å². The van der Waals surface area contributed by atoms with Crippen LogP contribution in [0.3, 0.4) is 0 Å². The van der Waals surface area contributed by atoms with E-state index in [0.717, 1.165) is 19.4 Å². The maximum atomic E-state index is 12.2. The number of hydrogen-bond acceptors (Lipinski definition) is 3. The number of nitrogens with zero attached hydrogens (tertiary/aromatic N) is 1. The summed E-state index contributed by atoms with van der Waals surface area (Å²) in [5, 5.41) is 2.44. The van der Waals surface area contributed by atoms with Gasteiger partial charge < -0.3 is 15.0 Å². The van der Waals surface area contributed by atoms with E-state index in [1.165, 1.54) is 12.7 Å². The minimum absolute atomic E-state index is 0.0163. The second kappa shape index (κ2) is 6.61. The molecule has 1 atom stereocenters. The van der Waals surface area contributed by atoms with Gasteiger partial charge in [0.25, 0.3) is 0 Å². The van der Waals surface area contributed by atoms with E-state index in [-0.39, 0.29) is 17.9 Å². The zero-order valence-corrected chi connectivity index (χ0v) is 12.6. The van der Waals surface area contributed by atoms with Crippen LogP contribution in [0, 0.1) is 0 Å². The number of ether oxygens (including phenoxy) is 1. The highest BCUT2D eigenvalue weighted by atomic mass is 16.5. The molecule has 114 valence electrons. The standard InChI is InChI=1S/C16H22N2O3/c1-16(13-7-4-3-5-8-13)9-6-10-18(12-16)14(19)11-17-15(20)21-2/h3-5,7-8H,6,9-12H2,1-2H3,(H,17,20)/t16-/m0/s1. The number of methoxy groups -OCH3 is 1. The van der Waals surface area contributed by atoms with Crippen molar-refractivity contribution >= 4 is 12.0 Å². The molecule has 1 N–H and O–H groups in total. The van der Waals surface area contributed by atoms with Crippen LogP contribution in [-0.4, -0.2) is 43.6 Å². The first kappa shape index (κ1) is 15.4.